The van der Waals surface area contributed by atoms with Crippen LogP contribution in [0.1, 0.15) is 49.2 Å². The Bertz CT molecular complexity index is 1130. The van der Waals surface area contributed by atoms with E-state index in [1.54, 1.807) is 0 Å². The van der Waals surface area contributed by atoms with Crippen molar-refractivity contribution in [2.24, 2.45) is 0 Å². The molecule has 1 aliphatic heterocycles. The highest BCUT2D eigenvalue weighted by atomic mass is 19.1. The van der Waals surface area contributed by atoms with Gasteiger partial charge in [-0.2, -0.15) is 0 Å². The lowest BCUT2D eigenvalue weighted by Crippen LogP contribution is -2.41. The Hall–Kier alpha value is -3.16. The summed E-state index contributed by atoms with van der Waals surface area (Å²) in [5.41, 5.74) is 0.640. The lowest BCUT2D eigenvalue weighted by atomic mass is 9.78. The summed E-state index contributed by atoms with van der Waals surface area (Å²) in [6.45, 7) is 7.85. The van der Waals surface area contributed by atoms with E-state index in [1.807, 2.05) is 88.4 Å². The topological polar surface area (TPSA) is 54.0 Å². The predicted octanol–water partition coefficient (Wildman–Crippen LogP) is 5.06. The van der Waals surface area contributed by atoms with Gasteiger partial charge in [-0.05, 0) is 51.0 Å². The van der Waals surface area contributed by atoms with Gasteiger partial charge in [-0.3, -0.25) is 0 Å². The first kappa shape index (κ1) is 24.0. The van der Waals surface area contributed by atoms with E-state index in [9.17, 15) is 4.79 Å². The molecular formula is C27H28BFO5. The van der Waals surface area contributed by atoms with Gasteiger partial charge >= 0.3 is 13.1 Å². The SMILES string of the molecule is CC1(C)OB(c2cc(OCc3ccccc3)c(C(=O)OCc3ccccc3)cc2F)OC1(C)C. The largest absolute Gasteiger partial charge is 0.497 e. The molecule has 4 rings (SSSR count). The molecule has 0 bridgehead atoms. The maximum absolute atomic E-state index is 15.2. The monoisotopic (exact) mass is 462 g/mol. The fourth-order valence-corrected chi connectivity index (χ4v) is 3.53. The van der Waals surface area contributed by atoms with Crippen LogP contribution in [0, 0.1) is 5.82 Å². The van der Waals surface area contributed by atoms with E-state index < -0.39 is 30.1 Å². The summed E-state index contributed by atoms with van der Waals surface area (Å²) in [4.78, 5) is 12.9. The first-order valence-electron chi connectivity index (χ1n) is 11.2. The Kier molecular flexibility index (Phi) is 6.78. The van der Waals surface area contributed by atoms with Crippen LogP contribution in [0.15, 0.2) is 72.8 Å². The summed E-state index contributed by atoms with van der Waals surface area (Å²) in [5.74, 6) is -1.10. The quantitative estimate of drug-likeness (QED) is 0.363. The molecule has 7 heteroatoms. The van der Waals surface area contributed by atoms with Gasteiger partial charge in [0.1, 0.15) is 30.3 Å². The third-order valence-corrected chi connectivity index (χ3v) is 6.28. The molecule has 34 heavy (non-hydrogen) atoms. The van der Waals surface area contributed by atoms with Crippen molar-refractivity contribution in [3.05, 3.63) is 95.3 Å². The van der Waals surface area contributed by atoms with E-state index in [2.05, 4.69) is 0 Å². The van der Waals surface area contributed by atoms with Gasteiger partial charge in [0.05, 0.1) is 11.2 Å². The van der Waals surface area contributed by atoms with Gasteiger partial charge in [0.2, 0.25) is 0 Å². The minimum absolute atomic E-state index is 0.00429. The zero-order valence-electron chi connectivity index (χ0n) is 19.8. The smallest absolute Gasteiger partial charge is 0.488 e. The summed E-state index contributed by atoms with van der Waals surface area (Å²) in [6, 6.07) is 21.4. The summed E-state index contributed by atoms with van der Waals surface area (Å²) in [5, 5.41) is 0. The molecule has 5 nitrogen and oxygen atoms in total. The average molecular weight is 462 g/mol. The van der Waals surface area contributed by atoms with Crippen molar-refractivity contribution in [1.29, 1.82) is 0 Å². The number of ether oxygens (including phenoxy) is 2. The molecule has 0 N–H and O–H groups in total. The van der Waals surface area contributed by atoms with Gasteiger partial charge in [0.25, 0.3) is 0 Å². The van der Waals surface area contributed by atoms with Crippen LogP contribution in [-0.2, 0) is 27.3 Å². The molecular weight excluding hydrogens is 434 g/mol. The number of halogens is 1. The second kappa shape index (κ2) is 9.61. The molecule has 1 saturated heterocycles. The third-order valence-electron chi connectivity index (χ3n) is 6.28. The molecule has 0 saturated carbocycles. The molecule has 3 aromatic rings. The van der Waals surface area contributed by atoms with Crippen molar-refractivity contribution in [3.8, 4) is 5.75 Å². The average Bonchev–Trinajstić information content (AvgIpc) is 3.04. The highest BCUT2D eigenvalue weighted by Gasteiger charge is 2.52. The molecule has 1 heterocycles. The zero-order valence-corrected chi connectivity index (χ0v) is 19.8. The van der Waals surface area contributed by atoms with Crippen LogP contribution >= 0.6 is 0 Å². The van der Waals surface area contributed by atoms with E-state index in [1.165, 1.54) is 6.07 Å². The van der Waals surface area contributed by atoms with Gasteiger partial charge in [-0.15, -0.1) is 0 Å². The molecule has 1 fully saturated rings. The Morgan fingerprint density at radius 2 is 1.38 bits per heavy atom. The van der Waals surface area contributed by atoms with E-state index in [-0.39, 0.29) is 30.0 Å². The summed E-state index contributed by atoms with van der Waals surface area (Å²) in [7, 11) is -0.932. The van der Waals surface area contributed by atoms with E-state index in [0.29, 0.717) is 0 Å². The Morgan fingerprint density at radius 3 is 1.94 bits per heavy atom. The number of hydrogen-bond acceptors (Lipinski definition) is 5. The van der Waals surface area contributed by atoms with Gasteiger partial charge in [0, 0.05) is 5.46 Å². The van der Waals surface area contributed by atoms with Crippen molar-refractivity contribution in [2.75, 3.05) is 0 Å². The van der Waals surface area contributed by atoms with Crippen molar-refractivity contribution in [2.45, 2.75) is 52.1 Å². The molecule has 0 atom stereocenters. The normalized spacial score (nSPS) is 16.3. The summed E-state index contributed by atoms with van der Waals surface area (Å²) >= 11 is 0. The van der Waals surface area contributed by atoms with Gasteiger partial charge in [-0.25, -0.2) is 9.18 Å². The molecule has 0 aliphatic carbocycles. The first-order chi connectivity index (χ1) is 16.2. The van der Waals surface area contributed by atoms with E-state index in [0.717, 1.165) is 17.2 Å². The zero-order chi connectivity index (χ0) is 24.3. The lowest BCUT2D eigenvalue weighted by Gasteiger charge is -2.32. The number of carbonyl (C=O) groups is 1. The van der Waals surface area contributed by atoms with Gasteiger partial charge < -0.3 is 18.8 Å². The molecule has 0 unspecified atom stereocenters. The molecule has 1 aliphatic rings. The van der Waals surface area contributed by atoms with Gasteiger partial charge in [0.15, 0.2) is 0 Å². The van der Waals surface area contributed by atoms with E-state index >= 15 is 4.39 Å². The van der Waals surface area contributed by atoms with Crippen molar-refractivity contribution >= 4 is 18.6 Å². The molecule has 176 valence electrons. The summed E-state index contributed by atoms with van der Waals surface area (Å²) in [6.07, 6.45) is 0. The molecule has 0 aromatic heterocycles. The second-order valence-electron chi connectivity index (χ2n) is 9.29. The van der Waals surface area contributed by atoms with Crippen LogP contribution < -0.4 is 10.2 Å². The number of benzene rings is 3. The fraction of sp³-hybridized carbons (Fsp3) is 0.296. The number of carbonyl (C=O) groups excluding carboxylic acids is 1. The second-order valence-corrected chi connectivity index (χ2v) is 9.29. The Labute approximate surface area is 199 Å². The van der Waals surface area contributed by atoms with Gasteiger partial charge in [-0.1, -0.05) is 60.7 Å². The highest BCUT2D eigenvalue weighted by molar-refractivity contribution is 6.62. The van der Waals surface area contributed by atoms with Crippen LogP contribution in [0.2, 0.25) is 0 Å². The number of hydrogen-bond donors (Lipinski definition) is 0. The van der Waals surface area contributed by atoms with Crippen LogP contribution in [0.25, 0.3) is 0 Å². The fourth-order valence-electron chi connectivity index (χ4n) is 3.53. The summed E-state index contributed by atoms with van der Waals surface area (Å²) < 4.78 is 38.7. The first-order valence-corrected chi connectivity index (χ1v) is 11.2. The Balaban J connectivity index is 1.62. The van der Waals surface area contributed by atoms with Crippen LogP contribution in [-0.4, -0.2) is 24.3 Å². The minimum atomic E-state index is -0.932. The highest BCUT2D eigenvalue weighted by Crippen LogP contribution is 2.37. The molecule has 0 radical (unpaired) electrons. The lowest BCUT2D eigenvalue weighted by molar-refractivity contribution is 0.00578. The third kappa shape index (κ3) is 5.16. The molecule has 0 amide bonds. The predicted molar refractivity (Wildman–Crippen MR) is 128 cm³/mol. The standard InChI is InChI=1S/C27H28BFO5/c1-26(2)27(3,4)34-28(33-26)22-16-24(31-17-19-11-7-5-8-12-19)21(15-23(22)29)25(30)32-18-20-13-9-6-10-14-20/h5-16H,17-18H2,1-4H3. The number of esters is 1. The van der Waals surface area contributed by atoms with Crippen molar-refractivity contribution < 1.29 is 28.0 Å². The van der Waals surface area contributed by atoms with Crippen LogP contribution in [0.4, 0.5) is 4.39 Å². The van der Waals surface area contributed by atoms with Crippen LogP contribution in [0.5, 0.6) is 5.75 Å². The molecule has 3 aromatic carbocycles. The van der Waals surface area contributed by atoms with Crippen molar-refractivity contribution in [3.63, 3.8) is 0 Å². The molecule has 0 spiro atoms. The number of rotatable bonds is 7. The van der Waals surface area contributed by atoms with Crippen LogP contribution in [0.3, 0.4) is 0 Å². The minimum Gasteiger partial charge on any atom is -0.488 e. The van der Waals surface area contributed by atoms with Crippen molar-refractivity contribution in [1.82, 2.24) is 0 Å². The Morgan fingerprint density at radius 1 is 0.853 bits per heavy atom. The maximum atomic E-state index is 15.2. The van der Waals surface area contributed by atoms with E-state index in [4.69, 9.17) is 18.8 Å². The maximum Gasteiger partial charge on any atom is 0.497 e.